The van der Waals surface area contributed by atoms with E-state index >= 15 is 0 Å². The normalized spacial score (nSPS) is 14.7. The topological polar surface area (TPSA) is 86.8 Å². The van der Waals surface area contributed by atoms with Gasteiger partial charge in [0, 0.05) is 23.2 Å². The van der Waals surface area contributed by atoms with Gasteiger partial charge in [0.2, 0.25) is 11.8 Å². The molecular weight excluding hydrogens is 565 g/mol. The second-order valence-corrected chi connectivity index (χ2v) is 12.7. The van der Waals surface area contributed by atoms with Crippen molar-refractivity contribution in [2.45, 2.75) is 69.5 Å². The number of nitrogens with zero attached hydrogens (tertiary/aromatic N) is 2. The average Bonchev–Trinajstić information content (AvgIpc) is 2.97. The molecule has 1 fully saturated rings. The number of carbonyl (C=O) groups is 2. The van der Waals surface area contributed by atoms with Crippen LogP contribution in [0.15, 0.2) is 77.7 Å². The van der Waals surface area contributed by atoms with Crippen LogP contribution in [0.2, 0.25) is 5.02 Å². The molecule has 0 heterocycles. The number of sulfonamides is 1. The number of nitrogens with one attached hydrogen (secondary N) is 1. The van der Waals surface area contributed by atoms with E-state index < -0.39 is 34.3 Å². The first-order valence-electron chi connectivity index (χ1n) is 13.7. The van der Waals surface area contributed by atoms with Gasteiger partial charge in [-0.2, -0.15) is 0 Å². The zero-order valence-corrected chi connectivity index (χ0v) is 24.8. The van der Waals surface area contributed by atoms with E-state index in [2.05, 4.69) is 5.32 Å². The molecule has 0 aliphatic heterocycles. The van der Waals surface area contributed by atoms with Crippen molar-refractivity contribution in [2.24, 2.45) is 0 Å². The number of halogens is 2. The first kappa shape index (κ1) is 30.5. The predicted molar refractivity (Wildman–Crippen MR) is 159 cm³/mol. The average molecular weight is 600 g/mol. The molecule has 0 bridgehead atoms. The highest BCUT2D eigenvalue weighted by Gasteiger charge is 2.33. The van der Waals surface area contributed by atoms with Gasteiger partial charge in [-0.1, -0.05) is 73.3 Å². The van der Waals surface area contributed by atoms with E-state index in [1.54, 1.807) is 62.4 Å². The second-order valence-electron chi connectivity index (χ2n) is 10.4. The van der Waals surface area contributed by atoms with E-state index in [1.165, 1.54) is 29.2 Å². The number of hydrogen-bond donors (Lipinski definition) is 1. The molecular formula is C31H35ClFN3O4S. The summed E-state index contributed by atoms with van der Waals surface area (Å²) in [7, 11) is -4.21. The highest BCUT2D eigenvalue weighted by Crippen LogP contribution is 2.29. The lowest BCUT2D eigenvalue weighted by Gasteiger charge is -2.33. The Bertz CT molecular complexity index is 1480. The van der Waals surface area contributed by atoms with Crippen LogP contribution in [-0.4, -0.2) is 43.8 Å². The first-order chi connectivity index (χ1) is 19.6. The Morgan fingerprint density at radius 2 is 1.66 bits per heavy atom. The third-order valence-corrected chi connectivity index (χ3v) is 9.67. The molecule has 1 aliphatic carbocycles. The lowest BCUT2D eigenvalue weighted by Crippen LogP contribution is -2.53. The molecule has 2 amide bonds. The van der Waals surface area contributed by atoms with E-state index in [-0.39, 0.29) is 34.6 Å². The number of anilines is 1. The number of carbonyl (C=O) groups excluding carboxylic acids is 2. The number of amides is 2. The summed E-state index contributed by atoms with van der Waals surface area (Å²) in [4.78, 5) is 28.6. The van der Waals surface area contributed by atoms with Gasteiger partial charge in [-0.15, -0.1) is 0 Å². The van der Waals surface area contributed by atoms with Gasteiger partial charge in [-0.3, -0.25) is 13.9 Å². The third kappa shape index (κ3) is 7.45. The van der Waals surface area contributed by atoms with Crippen molar-refractivity contribution in [3.8, 4) is 0 Å². The molecule has 1 unspecified atom stereocenters. The summed E-state index contributed by atoms with van der Waals surface area (Å²) >= 11 is 6.35. The van der Waals surface area contributed by atoms with Crippen molar-refractivity contribution in [1.82, 2.24) is 10.2 Å². The maximum Gasteiger partial charge on any atom is 0.264 e. The summed E-state index contributed by atoms with van der Waals surface area (Å²) in [6.45, 7) is 2.54. The summed E-state index contributed by atoms with van der Waals surface area (Å²) in [5, 5.41) is 3.37. The minimum atomic E-state index is -4.21. The van der Waals surface area contributed by atoms with Crippen molar-refractivity contribution < 1.29 is 22.4 Å². The Kier molecular flexibility index (Phi) is 10.0. The molecule has 0 aromatic heterocycles. The fourth-order valence-corrected chi connectivity index (χ4v) is 6.55. The van der Waals surface area contributed by atoms with Crippen molar-refractivity contribution in [3.63, 3.8) is 0 Å². The zero-order chi connectivity index (χ0) is 29.6. The summed E-state index contributed by atoms with van der Waals surface area (Å²) in [5.74, 6) is -1.54. The number of benzene rings is 3. The fraction of sp³-hybridized carbons (Fsp3) is 0.355. The molecule has 41 heavy (non-hydrogen) atoms. The van der Waals surface area contributed by atoms with Crippen molar-refractivity contribution in [2.75, 3.05) is 10.8 Å². The van der Waals surface area contributed by atoms with E-state index in [9.17, 15) is 22.4 Å². The quantitative estimate of drug-likeness (QED) is 0.317. The standard InChI is InChI=1S/C31H35ClFN3O4S/c1-22-17-18-26(19-28(22)32)36(41(39,40)27-14-7-4-8-15-27)21-30(37)35(20-24-11-9-10-16-29(24)33)23(2)31(38)34-25-12-5-3-6-13-25/h4,7-11,14-19,23,25H,3,5-6,12-13,20-21H2,1-2H3,(H,34,38). The van der Waals surface area contributed by atoms with Crippen molar-refractivity contribution >= 4 is 39.1 Å². The third-order valence-electron chi connectivity index (χ3n) is 7.47. The summed E-state index contributed by atoms with van der Waals surface area (Å²) in [5.41, 5.74) is 1.16. The molecule has 3 aromatic rings. The Labute approximate surface area is 246 Å². The Hall–Kier alpha value is -3.43. The maximum absolute atomic E-state index is 14.7. The van der Waals surface area contributed by atoms with E-state index in [1.807, 2.05) is 0 Å². The van der Waals surface area contributed by atoms with E-state index in [0.717, 1.165) is 42.0 Å². The highest BCUT2D eigenvalue weighted by molar-refractivity contribution is 7.92. The molecule has 1 aliphatic rings. The molecule has 0 saturated heterocycles. The number of hydrogen-bond acceptors (Lipinski definition) is 4. The summed E-state index contributed by atoms with van der Waals surface area (Å²) in [6.07, 6.45) is 4.87. The lowest BCUT2D eigenvalue weighted by atomic mass is 9.95. The van der Waals surface area contributed by atoms with Gasteiger partial charge in [0.25, 0.3) is 10.0 Å². The van der Waals surface area contributed by atoms with Crippen molar-refractivity contribution in [3.05, 3.63) is 94.8 Å². The first-order valence-corrected chi connectivity index (χ1v) is 15.6. The number of aryl methyl sites for hydroxylation is 1. The summed E-state index contributed by atoms with van der Waals surface area (Å²) < 4.78 is 43.4. The molecule has 1 N–H and O–H groups in total. The van der Waals surface area contributed by atoms with Crippen LogP contribution in [-0.2, 0) is 26.2 Å². The van der Waals surface area contributed by atoms with Crippen LogP contribution < -0.4 is 9.62 Å². The minimum Gasteiger partial charge on any atom is -0.352 e. The van der Waals surface area contributed by atoms with Crippen LogP contribution in [0, 0.1) is 12.7 Å². The second kappa shape index (κ2) is 13.5. The molecule has 1 atom stereocenters. The van der Waals surface area contributed by atoms with Gasteiger partial charge in [0.15, 0.2) is 0 Å². The van der Waals surface area contributed by atoms with Gasteiger partial charge in [-0.25, -0.2) is 12.8 Å². The van der Waals surface area contributed by atoms with Gasteiger partial charge < -0.3 is 10.2 Å². The van der Waals surface area contributed by atoms with Crippen molar-refractivity contribution in [1.29, 1.82) is 0 Å². The monoisotopic (exact) mass is 599 g/mol. The fourth-order valence-electron chi connectivity index (χ4n) is 4.95. The number of rotatable bonds is 10. The van der Waals surface area contributed by atoms with Crippen LogP contribution >= 0.6 is 11.6 Å². The van der Waals surface area contributed by atoms with Crippen LogP contribution in [0.3, 0.4) is 0 Å². The van der Waals surface area contributed by atoms with Gasteiger partial charge in [-0.05, 0) is 62.6 Å². The van der Waals surface area contributed by atoms with Crippen LogP contribution in [0.5, 0.6) is 0 Å². The largest absolute Gasteiger partial charge is 0.352 e. The molecule has 4 rings (SSSR count). The smallest absolute Gasteiger partial charge is 0.264 e. The Morgan fingerprint density at radius 1 is 1.00 bits per heavy atom. The molecule has 10 heteroatoms. The SMILES string of the molecule is Cc1ccc(N(CC(=O)N(Cc2ccccc2F)C(C)C(=O)NC2CCCCC2)S(=O)(=O)c2ccccc2)cc1Cl. The maximum atomic E-state index is 14.7. The van der Waals surface area contributed by atoms with Gasteiger partial charge in [0.05, 0.1) is 10.6 Å². The molecule has 0 radical (unpaired) electrons. The van der Waals surface area contributed by atoms with Gasteiger partial charge >= 0.3 is 0 Å². The molecule has 0 spiro atoms. The predicted octanol–water partition coefficient (Wildman–Crippen LogP) is 5.85. The van der Waals surface area contributed by atoms with E-state index in [4.69, 9.17) is 11.6 Å². The zero-order valence-electron chi connectivity index (χ0n) is 23.2. The van der Waals surface area contributed by atoms with Crippen LogP contribution in [0.4, 0.5) is 10.1 Å². The summed E-state index contributed by atoms with van der Waals surface area (Å²) in [6, 6.07) is 17.6. The van der Waals surface area contributed by atoms with Gasteiger partial charge in [0.1, 0.15) is 18.4 Å². The molecule has 218 valence electrons. The Balaban J connectivity index is 1.69. The Morgan fingerprint density at radius 3 is 2.32 bits per heavy atom. The highest BCUT2D eigenvalue weighted by atomic mass is 35.5. The lowest BCUT2D eigenvalue weighted by molar-refractivity contribution is -0.139. The molecule has 1 saturated carbocycles. The molecule has 7 nitrogen and oxygen atoms in total. The molecule has 3 aromatic carbocycles. The minimum absolute atomic E-state index is 0.00626. The van der Waals surface area contributed by atoms with Crippen LogP contribution in [0.25, 0.3) is 0 Å². The van der Waals surface area contributed by atoms with E-state index in [0.29, 0.717) is 5.02 Å². The van der Waals surface area contributed by atoms with Crippen LogP contribution in [0.1, 0.15) is 50.2 Å².